The number of carboxylic acid groups (broad SMARTS) is 1. The van der Waals surface area contributed by atoms with Crippen LogP contribution >= 0.6 is 0 Å². The van der Waals surface area contributed by atoms with E-state index in [0.29, 0.717) is 6.42 Å². The van der Waals surface area contributed by atoms with Gasteiger partial charge in [-0.05, 0) is 40.5 Å². The van der Waals surface area contributed by atoms with Crippen molar-refractivity contribution in [3.05, 3.63) is 0 Å². The molecule has 1 unspecified atom stereocenters. The summed E-state index contributed by atoms with van der Waals surface area (Å²) in [4.78, 5) is 10.9. The fraction of sp³-hybridized carbons (Fsp3) is 0.909. The van der Waals surface area contributed by atoms with E-state index >= 15 is 0 Å². The summed E-state index contributed by atoms with van der Waals surface area (Å²) < 4.78 is 27.8. The largest absolute Gasteiger partial charge is 0.480 e. The lowest BCUT2D eigenvalue weighted by Crippen LogP contribution is -2.44. The van der Waals surface area contributed by atoms with Gasteiger partial charge in [0, 0.05) is 0 Å². The molecular weight excluding hydrogens is 244 g/mol. The molecule has 100 valence electrons. The molecule has 1 N–H and O–H groups in total. The van der Waals surface area contributed by atoms with E-state index in [1.165, 1.54) is 13.8 Å². The standard InChI is InChI=1S/C11H20O5S/c1-10(2)6-5-8(16-10)7-17(14,15)11(3,4)9(12)13/h8H,5-7H2,1-4H3,(H,12,13). The van der Waals surface area contributed by atoms with Gasteiger partial charge in [-0.2, -0.15) is 0 Å². The molecule has 0 aromatic carbocycles. The average molecular weight is 264 g/mol. The van der Waals surface area contributed by atoms with Gasteiger partial charge in [-0.25, -0.2) is 8.42 Å². The van der Waals surface area contributed by atoms with Gasteiger partial charge in [0.25, 0.3) is 0 Å². The lowest BCUT2D eigenvalue weighted by atomic mass is 10.1. The molecule has 1 aliphatic heterocycles. The predicted octanol–water partition coefficient (Wildman–Crippen LogP) is 1.22. The number of hydrogen-bond donors (Lipinski definition) is 1. The number of aliphatic carboxylic acids is 1. The highest BCUT2D eigenvalue weighted by Gasteiger charge is 2.45. The monoisotopic (exact) mass is 264 g/mol. The minimum Gasteiger partial charge on any atom is -0.480 e. The molecule has 0 bridgehead atoms. The summed E-state index contributed by atoms with van der Waals surface area (Å²) in [6.45, 7) is 6.24. The smallest absolute Gasteiger partial charge is 0.324 e. The molecule has 17 heavy (non-hydrogen) atoms. The molecular formula is C11H20O5S. The van der Waals surface area contributed by atoms with Crippen LogP contribution in [0.3, 0.4) is 0 Å². The van der Waals surface area contributed by atoms with E-state index in [2.05, 4.69) is 0 Å². The Morgan fingerprint density at radius 2 is 2.00 bits per heavy atom. The average Bonchev–Trinajstić information content (AvgIpc) is 2.43. The lowest BCUT2D eigenvalue weighted by molar-refractivity contribution is -0.139. The number of carboxylic acids is 1. The van der Waals surface area contributed by atoms with Crippen LogP contribution < -0.4 is 0 Å². The lowest BCUT2D eigenvalue weighted by Gasteiger charge is -2.23. The highest BCUT2D eigenvalue weighted by Crippen LogP contribution is 2.31. The van der Waals surface area contributed by atoms with Crippen LogP contribution in [0.5, 0.6) is 0 Å². The predicted molar refractivity (Wildman–Crippen MR) is 63.7 cm³/mol. The van der Waals surface area contributed by atoms with Crippen LogP contribution in [0, 0.1) is 0 Å². The number of ether oxygens (including phenoxy) is 1. The molecule has 0 aliphatic carbocycles. The van der Waals surface area contributed by atoms with E-state index in [-0.39, 0.29) is 11.4 Å². The summed E-state index contributed by atoms with van der Waals surface area (Å²) in [6, 6.07) is 0. The maximum atomic E-state index is 12.0. The minimum atomic E-state index is -3.72. The molecule has 0 amide bonds. The third-order valence-electron chi connectivity index (χ3n) is 3.25. The summed E-state index contributed by atoms with van der Waals surface area (Å²) >= 11 is 0. The molecule has 1 heterocycles. The zero-order valence-corrected chi connectivity index (χ0v) is 11.5. The van der Waals surface area contributed by atoms with Gasteiger partial charge in [0.2, 0.25) is 0 Å². The Bertz CT molecular complexity index is 408. The number of sulfone groups is 1. The molecule has 0 radical (unpaired) electrons. The fourth-order valence-corrected chi connectivity index (χ4v) is 3.19. The Balaban J connectivity index is 2.79. The molecule has 6 heteroatoms. The van der Waals surface area contributed by atoms with Gasteiger partial charge in [0.1, 0.15) is 0 Å². The van der Waals surface area contributed by atoms with Crippen molar-refractivity contribution in [2.45, 2.75) is 57.0 Å². The van der Waals surface area contributed by atoms with Gasteiger partial charge in [-0.15, -0.1) is 0 Å². The highest BCUT2D eigenvalue weighted by atomic mass is 32.2. The van der Waals surface area contributed by atoms with E-state index < -0.39 is 26.7 Å². The minimum absolute atomic E-state index is 0.226. The van der Waals surface area contributed by atoms with Crippen molar-refractivity contribution >= 4 is 15.8 Å². The third-order valence-corrected chi connectivity index (χ3v) is 5.79. The summed E-state index contributed by atoms with van der Waals surface area (Å²) in [7, 11) is -3.72. The molecule has 5 nitrogen and oxygen atoms in total. The first-order chi connectivity index (χ1) is 7.48. The Kier molecular flexibility index (Phi) is 3.60. The molecule has 0 saturated carbocycles. The van der Waals surface area contributed by atoms with Crippen LogP contribution in [0.25, 0.3) is 0 Å². The quantitative estimate of drug-likeness (QED) is 0.825. The SMILES string of the molecule is CC1(C)CCC(CS(=O)(=O)C(C)(C)C(=O)O)O1. The Morgan fingerprint density at radius 3 is 2.35 bits per heavy atom. The Labute approximate surface area is 102 Å². The van der Waals surface area contributed by atoms with Gasteiger partial charge in [-0.1, -0.05) is 0 Å². The molecule has 1 fully saturated rings. The first kappa shape index (κ1) is 14.4. The van der Waals surface area contributed by atoms with Gasteiger partial charge < -0.3 is 9.84 Å². The summed E-state index contributed by atoms with van der Waals surface area (Å²) in [5, 5.41) is 8.93. The zero-order chi connectivity index (χ0) is 13.5. The van der Waals surface area contributed by atoms with E-state index in [0.717, 1.165) is 6.42 Å². The Morgan fingerprint density at radius 1 is 1.47 bits per heavy atom. The zero-order valence-electron chi connectivity index (χ0n) is 10.7. The maximum absolute atomic E-state index is 12.0. The van der Waals surface area contributed by atoms with Crippen molar-refractivity contribution in [3.63, 3.8) is 0 Å². The number of carbonyl (C=O) groups is 1. The van der Waals surface area contributed by atoms with E-state index in [4.69, 9.17) is 9.84 Å². The number of rotatable bonds is 4. The van der Waals surface area contributed by atoms with E-state index in [1.54, 1.807) is 0 Å². The van der Waals surface area contributed by atoms with Crippen LogP contribution in [0.1, 0.15) is 40.5 Å². The van der Waals surface area contributed by atoms with Crippen molar-refractivity contribution in [1.82, 2.24) is 0 Å². The highest BCUT2D eigenvalue weighted by molar-refractivity contribution is 7.93. The van der Waals surface area contributed by atoms with Gasteiger partial charge >= 0.3 is 5.97 Å². The van der Waals surface area contributed by atoms with Gasteiger partial charge in [0.15, 0.2) is 14.6 Å². The van der Waals surface area contributed by atoms with E-state index in [1.807, 2.05) is 13.8 Å². The van der Waals surface area contributed by atoms with Crippen molar-refractivity contribution in [2.24, 2.45) is 0 Å². The molecule has 1 aliphatic rings. The first-order valence-corrected chi connectivity index (χ1v) is 7.27. The van der Waals surface area contributed by atoms with Gasteiger partial charge in [-0.3, -0.25) is 4.79 Å². The fourth-order valence-electron chi connectivity index (χ4n) is 1.78. The molecule has 1 rings (SSSR count). The van der Waals surface area contributed by atoms with Crippen molar-refractivity contribution in [3.8, 4) is 0 Å². The van der Waals surface area contributed by atoms with Crippen LogP contribution in [-0.2, 0) is 19.4 Å². The number of hydrogen-bond acceptors (Lipinski definition) is 4. The summed E-state index contributed by atoms with van der Waals surface area (Å²) in [6.07, 6.45) is 1.05. The van der Waals surface area contributed by atoms with Crippen LogP contribution in [0.15, 0.2) is 0 Å². The second-order valence-electron chi connectivity index (χ2n) is 5.64. The van der Waals surface area contributed by atoms with Crippen molar-refractivity contribution < 1.29 is 23.1 Å². The van der Waals surface area contributed by atoms with Crippen LogP contribution in [-0.4, -0.2) is 41.7 Å². The normalized spacial score (nSPS) is 24.8. The second-order valence-corrected chi connectivity index (χ2v) is 8.22. The first-order valence-electron chi connectivity index (χ1n) is 5.61. The second kappa shape index (κ2) is 4.24. The maximum Gasteiger partial charge on any atom is 0.324 e. The molecule has 0 spiro atoms. The van der Waals surface area contributed by atoms with Crippen molar-refractivity contribution in [2.75, 3.05) is 5.75 Å². The summed E-state index contributed by atoms with van der Waals surface area (Å²) in [5.74, 6) is -1.55. The van der Waals surface area contributed by atoms with Crippen LogP contribution in [0.2, 0.25) is 0 Å². The summed E-state index contributed by atoms with van der Waals surface area (Å²) in [5.41, 5.74) is -0.312. The molecule has 0 aromatic heterocycles. The molecule has 1 saturated heterocycles. The van der Waals surface area contributed by atoms with Gasteiger partial charge in [0.05, 0.1) is 17.5 Å². The molecule has 1 atom stereocenters. The Hall–Kier alpha value is -0.620. The van der Waals surface area contributed by atoms with Crippen LogP contribution in [0.4, 0.5) is 0 Å². The topological polar surface area (TPSA) is 80.7 Å². The van der Waals surface area contributed by atoms with E-state index in [9.17, 15) is 13.2 Å². The third kappa shape index (κ3) is 2.98. The van der Waals surface area contributed by atoms with Crippen molar-refractivity contribution in [1.29, 1.82) is 0 Å². The molecule has 0 aromatic rings.